The van der Waals surface area contributed by atoms with Crippen molar-refractivity contribution in [1.82, 2.24) is 20.6 Å². The summed E-state index contributed by atoms with van der Waals surface area (Å²) in [6, 6.07) is 10.6. The lowest BCUT2D eigenvalue weighted by Gasteiger charge is -2.15. The van der Waals surface area contributed by atoms with E-state index in [1.54, 1.807) is 12.1 Å². The number of carbonyl (C=O) groups is 1. The van der Waals surface area contributed by atoms with Crippen molar-refractivity contribution in [2.24, 2.45) is 0 Å². The number of nitrogens with zero attached hydrogens (tertiary/aromatic N) is 3. The molecule has 0 aliphatic rings. The highest BCUT2D eigenvalue weighted by Gasteiger charge is 2.15. The summed E-state index contributed by atoms with van der Waals surface area (Å²) in [6.45, 7) is 4.08. The number of aromatic hydroxyl groups is 1. The minimum atomic E-state index is -0.172. The highest BCUT2D eigenvalue weighted by Crippen LogP contribution is 2.33. The molecule has 0 fully saturated rings. The summed E-state index contributed by atoms with van der Waals surface area (Å²) < 4.78 is 11.5. The van der Waals surface area contributed by atoms with Crippen molar-refractivity contribution in [3.05, 3.63) is 47.5 Å². The van der Waals surface area contributed by atoms with Gasteiger partial charge in [-0.05, 0) is 55.0 Å². The number of tetrazole rings is 1. The maximum Gasteiger partial charge on any atom is 0.204 e. The van der Waals surface area contributed by atoms with Gasteiger partial charge in [-0.1, -0.05) is 13.3 Å². The Bertz CT molecular complexity index is 924. The number of ether oxygens (including phenoxy) is 2. The Kier molecular flexibility index (Phi) is 6.21. The highest BCUT2D eigenvalue weighted by atomic mass is 16.5. The third-order valence-corrected chi connectivity index (χ3v) is 4.19. The molecule has 0 saturated heterocycles. The van der Waals surface area contributed by atoms with E-state index in [2.05, 4.69) is 20.6 Å². The number of aromatic amines is 1. The van der Waals surface area contributed by atoms with E-state index in [1.807, 2.05) is 31.2 Å². The van der Waals surface area contributed by atoms with Crippen LogP contribution in [0, 0.1) is 0 Å². The maximum absolute atomic E-state index is 11.6. The number of nitrogens with one attached hydrogen (secondary N) is 1. The zero-order valence-electron chi connectivity index (χ0n) is 15.8. The van der Waals surface area contributed by atoms with Gasteiger partial charge in [-0.15, -0.1) is 10.2 Å². The van der Waals surface area contributed by atoms with E-state index in [0.29, 0.717) is 48.1 Å². The number of ketones is 1. The van der Waals surface area contributed by atoms with Gasteiger partial charge in [-0.2, -0.15) is 5.21 Å². The van der Waals surface area contributed by atoms with E-state index in [1.165, 1.54) is 6.92 Å². The Labute approximate surface area is 162 Å². The number of hydrogen-bond donors (Lipinski definition) is 2. The Balaban J connectivity index is 1.57. The number of aromatic nitrogens is 4. The molecule has 3 aromatic rings. The molecule has 8 heteroatoms. The van der Waals surface area contributed by atoms with Crippen molar-refractivity contribution >= 4 is 5.78 Å². The summed E-state index contributed by atoms with van der Waals surface area (Å²) in [5.41, 5.74) is 1.80. The fourth-order valence-electron chi connectivity index (χ4n) is 2.82. The fourth-order valence-corrected chi connectivity index (χ4v) is 2.82. The summed E-state index contributed by atoms with van der Waals surface area (Å²) in [5, 5.41) is 24.2. The topological polar surface area (TPSA) is 110 Å². The Morgan fingerprint density at radius 2 is 1.86 bits per heavy atom. The third kappa shape index (κ3) is 4.46. The molecule has 0 spiro atoms. The lowest BCUT2D eigenvalue weighted by molar-refractivity contribution is 0.101. The van der Waals surface area contributed by atoms with Crippen molar-refractivity contribution in [2.75, 3.05) is 13.2 Å². The normalized spacial score (nSPS) is 10.6. The van der Waals surface area contributed by atoms with Crippen molar-refractivity contribution in [3.63, 3.8) is 0 Å². The van der Waals surface area contributed by atoms with Crippen LogP contribution in [0.15, 0.2) is 36.4 Å². The number of phenolic OH excluding ortho intramolecular Hbond substituents is 1. The molecule has 1 heterocycles. The molecule has 28 heavy (non-hydrogen) atoms. The molecule has 0 radical (unpaired) electrons. The van der Waals surface area contributed by atoms with Gasteiger partial charge in [0.15, 0.2) is 5.78 Å². The Morgan fingerprint density at radius 3 is 2.50 bits per heavy atom. The molecule has 2 aromatic carbocycles. The molecule has 0 saturated carbocycles. The van der Waals surface area contributed by atoms with Gasteiger partial charge >= 0.3 is 0 Å². The second-order valence-electron chi connectivity index (χ2n) is 6.20. The van der Waals surface area contributed by atoms with Crippen LogP contribution in [-0.4, -0.2) is 44.7 Å². The van der Waals surface area contributed by atoms with E-state index in [4.69, 9.17) is 9.47 Å². The summed E-state index contributed by atoms with van der Waals surface area (Å²) in [7, 11) is 0. The largest absolute Gasteiger partial charge is 0.507 e. The average Bonchev–Trinajstić information content (AvgIpc) is 3.22. The van der Waals surface area contributed by atoms with E-state index >= 15 is 0 Å². The molecular weight excluding hydrogens is 360 g/mol. The number of hydrogen-bond acceptors (Lipinski definition) is 7. The summed E-state index contributed by atoms with van der Waals surface area (Å²) in [6.07, 6.45) is 1.45. The van der Waals surface area contributed by atoms with Crippen LogP contribution in [0.3, 0.4) is 0 Å². The molecule has 0 unspecified atom stereocenters. The molecule has 0 atom stereocenters. The molecule has 8 nitrogen and oxygen atoms in total. The second-order valence-corrected chi connectivity index (χ2v) is 6.20. The van der Waals surface area contributed by atoms with Crippen LogP contribution in [0.1, 0.15) is 36.2 Å². The third-order valence-electron chi connectivity index (χ3n) is 4.19. The van der Waals surface area contributed by atoms with Gasteiger partial charge in [0, 0.05) is 11.1 Å². The number of Topliss-reactive ketones (excluding diaryl/α,β-unsaturated/α-hetero) is 1. The smallest absolute Gasteiger partial charge is 0.204 e. The first-order chi connectivity index (χ1) is 13.6. The Morgan fingerprint density at radius 1 is 1.11 bits per heavy atom. The average molecular weight is 382 g/mol. The van der Waals surface area contributed by atoms with Crippen molar-refractivity contribution < 1.29 is 19.4 Å². The van der Waals surface area contributed by atoms with Gasteiger partial charge in [0.2, 0.25) is 5.82 Å². The number of benzene rings is 2. The van der Waals surface area contributed by atoms with Crippen molar-refractivity contribution in [3.8, 4) is 28.6 Å². The van der Waals surface area contributed by atoms with Gasteiger partial charge in [-0.25, -0.2) is 0 Å². The van der Waals surface area contributed by atoms with Crippen LogP contribution in [0.2, 0.25) is 0 Å². The van der Waals surface area contributed by atoms with Gasteiger partial charge < -0.3 is 14.6 Å². The van der Waals surface area contributed by atoms with Gasteiger partial charge in [0.1, 0.15) is 30.5 Å². The number of carbonyl (C=O) groups excluding carboxylic acids is 1. The molecule has 0 amide bonds. The van der Waals surface area contributed by atoms with Crippen LogP contribution in [0.5, 0.6) is 17.2 Å². The first-order valence-electron chi connectivity index (χ1n) is 9.05. The predicted octanol–water partition coefficient (Wildman–Crippen LogP) is 3.19. The van der Waals surface area contributed by atoms with Crippen LogP contribution in [0.25, 0.3) is 11.4 Å². The lowest BCUT2D eigenvalue weighted by Crippen LogP contribution is -2.10. The zero-order valence-corrected chi connectivity index (χ0v) is 15.8. The predicted molar refractivity (Wildman–Crippen MR) is 103 cm³/mol. The quantitative estimate of drug-likeness (QED) is 0.432. The first kappa shape index (κ1) is 19.3. The second kappa shape index (κ2) is 8.98. The number of H-pyrrole nitrogens is 1. The highest BCUT2D eigenvalue weighted by molar-refractivity contribution is 5.97. The maximum atomic E-state index is 11.6. The lowest BCUT2D eigenvalue weighted by atomic mass is 10.0. The first-order valence-corrected chi connectivity index (χ1v) is 9.05. The monoisotopic (exact) mass is 382 g/mol. The summed E-state index contributed by atoms with van der Waals surface area (Å²) in [4.78, 5) is 11.6. The molecule has 3 rings (SSSR count). The summed E-state index contributed by atoms with van der Waals surface area (Å²) >= 11 is 0. The number of rotatable bonds is 9. The van der Waals surface area contributed by atoms with E-state index in [-0.39, 0.29) is 11.5 Å². The Hall–Kier alpha value is -3.42. The zero-order chi connectivity index (χ0) is 19.9. The molecule has 0 aliphatic heterocycles. The van der Waals surface area contributed by atoms with Crippen LogP contribution in [-0.2, 0) is 6.42 Å². The van der Waals surface area contributed by atoms with Gasteiger partial charge in [-0.3, -0.25) is 4.79 Å². The fraction of sp³-hybridized carbons (Fsp3) is 0.300. The molecule has 1 aromatic heterocycles. The van der Waals surface area contributed by atoms with Gasteiger partial charge in [0.25, 0.3) is 0 Å². The molecule has 146 valence electrons. The molecule has 0 aliphatic carbocycles. The van der Waals surface area contributed by atoms with E-state index < -0.39 is 0 Å². The number of phenols is 1. The minimum absolute atomic E-state index is 0.00447. The van der Waals surface area contributed by atoms with E-state index in [0.717, 1.165) is 12.0 Å². The minimum Gasteiger partial charge on any atom is -0.507 e. The van der Waals surface area contributed by atoms with E-state index in [9.17, 15) is 9.90 Å². The van der Waals surface area contributed by atoms with Gasteiger partial charge in [0.05, 0.1) is 5.56 Å². The van der Waals surface area contributed by atoms with Crippen LogP contribution < -0.4 is 9.47 Å². The SMILES string of the molecule is CCCc1c(OCCOc2ccc(-c3nn[nH]n3)cc2)ccc(C(C)=O)c1O. The molecule has 2 N–H and O–H groups in total. The molecular formula is C20H22N4O4. The van der Waals surface area contributed by atoms with Crippen LogP contribution in [0.4, 0.5) is 0 Å². The standard InChI is InChI=1S/C20H22N4O4/c1-3-4-17-18(10-9-16(13(2)25)19(17)26)28-12-11-27-15-7-5-14(6-8-15)20-21-23-24-22-20/h5-10,26H,3-4,11-12H2,1-2H3,(H,21,22,23,24). The van der Waals surface area contributed by atoms with Crippen LogP contribution >= 0.6 is 0 Å². The molecule has 0 bridgehead atoms. The van der Waals surface area contributed by atoms with Crippen molar-refractivity contribution in [2.45, 2.75) is 26.7 Å². The van der Waals surface area contributed by atoms with Crippen molar-refractivity contribution in [1.29, 1.82) is 0 Å². The summed E-state index contributed by atoms with van der Waals surface area (Å²) in [5.74, 6) is 1.62.